The Morgan fingerprint density at radius 2 is 2.11 bits per heavy atom. The van der Waals surface area contributed by atoms with E-state index in [9.17, 15) is 13.2 Å². The van der Waals surface area contributed by atoms with Gasteiger partial charge >= 0.3 is 5.97 Å². The lowest BCUT2D eigenvalue weighted by molar-refractivity contribution is -0.145. The molecule has 0 bridgehead atoms. The van der Waals surface area contributed by atoms with E-state index in [1.54, 1.807) is 19.1 Å². The lowest BCUT2D eigenvalue weighted by Crippen LogP contribution is -2.15. The number of esters is 1. The van der Waals surface area contributed by atoms with Gasteiger partial charge in [-0.3, -0.25) is 0 Å². The van der Waals surface area contributed by atoms with E-state index in [-0.39, 0.29) is 18.1 Å². The minimum absolute atomic E-state index is 0.198. The van der Waals surface area contributed by atoms with Crippen molar-refractivity contribution in [2.24, 2.45) is 0 Å². The molecule has 0 aliphatic carbocycles. The number of sulfone groups is 1. The average molecular weight is 268 g/mol. The fourth-order valence-electron chi connectivity index (χ4n) is 1.63. The maximum Gasteiger partial charge on any atom is 0.344 e. The average Bonchev–Trinajstić information content (AvgIpc) is 2.64. The molecule has 0 saturated heterocycles. The van der Waals surface area contributed by atoms with Crippen molar-refractivity contribution < 1.29 is 22.7 Å². The zero-order chi connectivity index (χ0) is 13.2. The van der Waals surface area contributed by atoms with Crippen LogP contribution in [0.5, 0.6) is 5.75 Å². The molecule has 0 saturated carbocycles. The van der Waals surface area contributed by atoms with Crippen molar-refractivity contribution in [3.05, 3.63) is 29.2 Å². The number of fused-ring (bicyclic) bond motifs is 1. The third-order valence-corrected chi connectivity index (χ3v) is 3.86. The molecular formula is C12H12O5S. The smallest absolute Gasteiger partial charge is 0.344 e. The van der Waals surface area contributed by atoms with Crippen LogP contribution in [0.3, 0.4) is 0 Å². The second kappa shape index (κ2) is 4.81. The summed E-state index contributed by atoms with van der Waals surface area (Å²) in [7, 11) is -3.35. The molecule has 0 aromatic heterocycles. The van der Waals surface area contributed by atoms with Crippen molar-refractivity contribution >= 4 is 21.9 Å². The molecule has 96 valence electrons. The van der Waals surface area contributed by atoms with Crippen molar-refractivity contribution in [2.45, 2.75) is 11.8 Å². The first kappa shape index (κ1) is 12.6. The maximum absolute atomic E-state index is 11.6. The van der Waals surface area contributed by atoms with Gasteiger partial charge in [0.05, 0.1) is 11.5 Å². The highest BCUT2D eigenvalue weighted by atomic mass is 32.2. The van der Waals surface area contributed by atoms with Gasteiger partial charge in [0, 0.05) is 11.0 Å². The number of benzene rings is 1. The Kier molecular flexibility index (Phi) is 3.38. The van der Waals surface area contributed by atoms with Gasteiger partial charge in [-0.1, -0.05) is 6.07 Å². The van der Waals surface area contributed by atoms with Crippen LogP contribution >= 0.6 is 0 Å². The Bertz CT molecular complexity index is 601. The van der Waals surface area contributed by atoms with E-state index < -0.39 is 15.8 Å². The molecule has 1 aromatic carbocycles. The van der Waals surface area contributed by atoms with Crippen LogP contribution in [-0.4, -0.2) is 27.6 Å². The summed E-state index contributed by atoms with van der Waals surface area (Å²) in [5.41, 5.74) is 0.474. The van der Waals surface area contributed by atoms with Crippen molar-refractivity contribution in [3.63, 3.8) is 0 Å². The Hall–Kier alpha value is -1.82. The van der Waals surface area contributed by atoms with Gasteiger partial charge in [0.1, 0.15) is 5.75 Å². The quantitative estimate of drug-likeness (QED) is 0.772. The van der Waals surface area contributed by atoms with Crippen LogP contribution in [0.2, 0.25) is 0 Å². The maximum atomic E-state index is 11.6. The topological polar surface area (TPSA) is 69.7 Å². The summed E-state index contributed by atoms with van der Waals surface area (Å²) >= 11 is 0. The summed E-state index contributed by atoms with van der Waals surface area (Å²) in [6.45, 7) is 1.75. The molecule has 0 fully saturated rings. The van der Waals surface area contributed by atoms with Gasteiger partial charge in [-0.15, -0.1) is 0 Å². The number of carbonyl (C=O) groups is 1. The number of ether oxygens (including phenoxy) is 2. The third-order valence-electron chi connectivity index (χ3n) is 2.40. The summed E-state index contributed by atoms with van der Waals surface area (Å²) < 4.78 is 33.2. The molecule has 0 N–H and O–H groups in total. The number of rotatable bonds is 4. The fraction of sp³-hybridized carbons (Fsp3) is 0.250. The lowest BCUT2D eigenvalue weighted by atomic mass is 10.2. The molecule has 6 heteroatoms. The summed E-state index contributed by atoms with van der Waals surface area (Å²) in [6, 6.07) is 4.69. The SMILES string of the molecule is CCOC(=O)COc1cccc2c1C=CS2(=O)=O. The van der Waals surface area contributed by atoms with Crippen LogP contribution in [0.1, 0.15) is 12.5 Å². The largest absolute Gasteiger partial charge is 0.481 e. The highest BCUT2D eigenvalue weighted by Gasteiger charge is 2.23. The Balaban J connectivity index is 2.20. The van der Waals surface area contributed by atoms with Crippen LogP contribution in [0.15, 0.2) is 28.5 Å². The number of hydrogen-bond acceptors (Lipinski definition) is 5. The first-order valence-corrected chi connectivity index (χ1v) is 6.94. The van der Waals surface area contributed by atoms with Crippen molar-refractivity contribution in [2.75, 3.05) is 13.2 Å². The minimum atomic E-state index is -3.35. The summed E-state index contributed by atoms with van der Waals surface area (Å²) in [5, 5.41) is 1.12. The van der Waals surface area contributed by atoms with Crippen molar-refractivity contribution in [1.29, 1.82) is 0 Å². The molecular weight excluding hydrogens is 256 g/mol. The highest BCUT2D eigenvalue weighted by molar-refractivity contribution is 7.94. The van der Waals surface area contributed by atoms with E-state index in [1.807, 2.05) is 0 Å². The first-order chi connectivity index (χ1) is 8.54. The molecule has 1 aliphatic heterocycles. The Labute approximate surface area is 105 Å². The Morgan fingerprint density at radius 3 is 2.83 bits per heavy atom. The molecule has 1 aliphatic rings. The predicted octanol–water partition coefficient (Wildman–Crippen LogP) is 1.39. The zero-order valence-electron chi connectivity index (χ0n) is 9.75. The summed E-state index contributed by atoms with van der Waals surface area (Å²) in [5.74, 6) is -0.127. The summed E-state index contributed by atoms with van der Waals surface area (Å²) in [6.07, 6.45) is 1.46. The van der Waals surface area contributed by atoms with Crippen molar-refractivity contribution in [3.8, 4) is 5.75 Å². The van der Waals surface area contributed by atoms with E-state index in [1.165, 1.54) is 12.1 Å². The Morgan fingerprint density at radius 1 is 1.33 bits per heavy atom. The van der Waals surface area contributed by atoms with Crippen LogP contribution < -0.4 is 4.74 Å². The second-order valence-electron chi connectivity index (χ2n) is 3.61. The molecule has 0 amide bonds. The van der Waals surface area contributed by atoms with Gasteiger partial charge in [0.2, 0.25) is 9.84 Å². The van der Waals surface area contributed by atoms with Gasteiger partial charge in [-0.2, -0.15) is 0 Å². The molecule has 2 rings (SSSR count). The van der Waals surface area contributed by atoms with Gasteiger partial charge < -0.3 is 9.47 Å². The molecule has 18 heavy (non-hydrogen) atoms. The molecule has 0 atom stereocenters. The summed E-state index contributed by atoms with van der Waals surface area (Å²) in [4.78, 5) is 11.4. The van der Waals surface area contributed by atoms with E-state index >= 15 is 0 Å². The molecule has 0 radical (unpaired) electrons. The normalized spacial score (nSPS) is 15.2. The standard InChI is InChI=1S/C12H12O5S/c1-2-16-12(13)8-17-10-4-3-5-11-9(10)6-7-18(11,14)15/h3-7H,2,8H2,1H3. The molecule has 5 nitrogen and oxygen atoms in total. The number of carbonyl (C=O) groups excluding carboxylic acids is 1. The van der Waals surface area contributed by atoms with Gasteiger partial charge in [-0.05, 0) is 25.1 Å². The second-order valence-corrected chi connectivity index (χ2v) is 5.41. The third kappa shape index (κ3) is 2.38. The highest BCUT2D eigenvalue weighted by Crippen LogP contribution is 2.33. The number of hydrogen-bond donors (Lipinski definition) is 0. The molecule has 1 heterocycles. The molecule has 0 spiro atoms. The van der Waals surface area contributed by atoms with Gasteiger partial charge in [0.15, 0.2) is 6.61 Å². The van der Waals surface area contributed by atoms with Crippen LogP contribution in [0.25, 0.3) is 6.08 Å². The van der Waals surface area contributed by atoms with Gasteiger partial charge in [-0.25, -0.2) is 13.2 Å². The van der Waals surface area contributed by atoms with E-state index in [0.29, 0.717) is 11.3 Å². The van der Waals surface area contributed by atoms with Gasteiger partial charge in [0.25, 0.3) is 0 Å². The van der Waals surface area contributed by atoms with E-state index in [0.717, 1.165) is 5.41 Å². The predicted molar refractivity (Wildman–Crippen MR) is 64.8 cm³/mol. The first-order valence-electron chi connectivity index (χ1n) is 5.39. The van der Waals surface area contributed by atoms with E-state index in [4.69, 9.17) is 9.47 Å². The van der Waals surface area contributed by atoms with Crippen LogP contribution in [0.4, 0.5) is 0 Å². The molecule has 1 aromatic rings. The van der Waals surface area contributed by atoms with Crippen molar-refractivity contribution in [1.82, 2.24) is 0 Å². The fourth-order valence-corrected chi connectivity index (χ4v) is 2.84. The van der Waals surface area contributed by atoms with E-state index in [2.05, 4.69) is 0 Å². The minimum Gasteiger partial charge on any atom is -0.481 e. The zero-order valence-corrected chi connectivity index (χ0v) is 10.6. The van der Waals surface area contributed by atoms with Crippen LogP contribution in [0, 0.1) is 0 Å². The lowest BCUT2D eigenvalue weighted by Gasteiger charge is -2.08. The molecule has 0 unspecified atom stereocenters. The van der Waals surface area contributed by atoms with Crippen LogP contribution in [-0.2, 0) is 19.4 Å². The monoisotopic (exact) mass is 268 g/mol.